The number of rotatable bonds is 9. The Morgan fingerprint density at radius 2 is 1.79 bits per heavy atom. The minimum Gasteiger partial charge on any atom is -0.489 e. The summed E-state index contributed by atoms with van der Waals surface area (Å²) in [6, 6.07) is 18.2. The third-order valence-corrected chi connectivity index (χ3v) is 5.93. The van der Waals surface area contributed by atoms with Gasteiger partial charge in [0.15, 0.2) is 0 Å². The third-order valence-electron chi connectivity index (χ3n) is 4.02. The average Bonchev–Trinajstić information content (AvgIpc) is 2.59. The number of ether oxygens (including phenoxy) is 1. The van der Waals surface area contributed by atoms with E-state index < -0.39 is 7.37 Å². The maximum Gasteiger partial charge on any atom is 0.200 e. The van der Waals surface area contributed by atoms with Crippen LogP contribution in [-0.4, -0.2) is 19.4 Å². The summed E-state index contributed by atoms with van der Waals surface area (Å²) in [5.41, 5.74) is 2.30. The zero-order valence-electron chi connectivity index (χ0n) is 14.8. The van der Waals surface area contributed by atoms with E-state index in [9.17, 15) is 4.57 Å². The second kappa shape index (κ2) is 9.05. The van der Waals surface area contributed by atoms with Crippen molar-refractivity contribution < 1.29 is 13.8 Å². The monoisotopic (exact) mass is 346 g/mol. The Morgan fingerprint density at radius 3 is 2.46 bits per heavy atom. The van der Waals surface area contributed by atoms with Gasteiger partial charge >= 0.3 is 0 Å². The lowest BCUT2D eigenvalue weighted by Gasteiger charge is -2.21. The maximum absolute atomic E-state index is 12.5. The molecule has 0 aliphatic heterocycles. The average molecular weight is 346 g/mol. The standard InChI is InChI=1S/C20H27O3P/c1-4-18(16-24(3,21)23-5-2)19-12-9-13-20(14-19)22-15-17-10-7-6-8-11-17/h6-14,18H,4-5,15-16H2,1-3H3/t18-,24?/m1/s1. The van der Waals surface area contributed by atoms with Crippen LogP contribution in [0.3, 0.4) is 0 Å². The molecule has 0 saturated heterocycles. The van der Waals surface area contributed by atoms with Gasteiger partial charge in [-0.1, -0.05) is 49.4 Å². The van der Waals surface area contributed by atoms with E-state index in [4.69, 9.17) is 9.26 Å². The maximum atomic E-state index is 12.5. The van der Waals surface area contributed by atoms with Gasteiger partial charge < -0.3 is 9.26 Å². The molecule has 0 aromatic heterocycles. The zero-order valence-corrected chi connectivity index (χ0v) is 15.7. The van der Waals surface area contributed by atoms with Crippen LogP contribution in [-0.2, 0) is 15.7 Å². The predicted octanol–water partition coefficient (Wildman–Crippen LogP) is 5.70. The Hall–Kier alpha value is -1.57. The molecule has 1 unspecified atom stereocenters. The molecule has 3 nitrogen and oxygen atoms in total. The molecule has 130 valence electrons. The molecule has 0 bridgehead atoms. The van der Waals surface area contributed by atoms with Crippen LogP contribution >= 0.6 is 7.37 Å². The van der Waals surface area contributed by atoms with Crippen LogP contribution in [0.25, 0.3) is 0 Å². The van der Waals surface area contributed by atoms with Crippen molar-refractivity contribution in [2.45, 2.75) is 32.8 Å². The highest BCUT2D eigenvalue weighted by Crippen LogP contribution is 2.47. The Labute approximate surface area is 145 Å². The first-order valence-electron chi connectivity index (χ1n) is 8.52. The zero-order chi connectivity index (χ0) is 17.4. The molecular weight excluding hydrogens is 319 g/mol. The van der Waals surface area contributed by atoms with E-state index in [0.29, 0.717) is 19.4 Å². The van der Waals surface area contributed by atoms with Crippen LogP contribution in [0.5, 0.6) is 5.75 Å². The number of hydrogen-bond donors (Lipinski definition) is 0. The quantitative estimate of drug-likeness (QED) is 0.546. The summed E-state index contributed by atoms with van der Waals surface area (Å²) < 4.78 is 23.8. The topological polar surface area (TPSA) is 35.5 Å². The van der Waals surface area contributed by atoms with E-state index in [1.165, 1.54) is 0 Å². The van der Waals surface area contributed by atoms with Crippen molar-refractivity contribution in [3.8, 4) is 5.75 Å². The van der Waals surface area contributed by atoms with Gasteiger partial charge in [0.05, 0.1) is 6.61 Å². The van der Waals surface area contributed by atoms with Gasteiger partial charge in [-0.25, -0.2) is 0 Å². The minimum atomic E-state index is -2.55. The van der Waals surface area contributed by atoms with Crippen molar-refractivity contribution in [3.05, 3.63) is 65.7 Å². The van der Waals surface area contributed by atoms with Gasteiger partial charge in [-0.05, 0) is 42.5 Å². The number of hydrogen-bond acceptors (Lipinski definition) is 3. The fourth-order valence-corrected chi connectivity index (χ4v) is 4.72. The predicted molar refractivity (Wildman–Crippen MR) is 100 cm³/mol. The molecular formula is C20H27O3P. The molecule has 2 rings (SSSR count). The van der Waals surface area contributed by atoms with Crippen molar-refractivity contribution >= 4 is 7.37 Å². The molecule has 2 aromatic rings. The summed E-state index contributed by atoms with van der Waals surface area (Å²) in [4.78, 5) is 0. The molecule has 4 heteroatoms. The Balaban J connectivity index is 2.06. The molecule has 0 aliphatic carbocycles. The number of benzene rings is 2. The summed E-state index contributed by atoms with van der Waals surface area (Å²) in [7, 11) is -2.55. The summed E-state index contributed by atoms with van der Waals surface area (Å²) in [6.45, 7) is 6.77. The van der Waals surface area contributed by atoms with Gasteiger partial charge in [0.1, 0.15) is 12.4 Å². The minimum absolute atomic E-state index is 0.215. The Bertz CT molecular complexity index is 670. The van der Waals surface area contributed by atoms with E-state index in [1.54, 1.807) is 6.66 Å². The summed E-state index contributed by atoms with van der Waals surface area (Å²) in [5.74, 6) is 1.06. The highest BCUT2D eigenvalue weighted by atomic mass is 31.2. The summed E-state index contributed by atoms with van der Waals surface area (Å²) >= 11 is 0. The van der Waals surface area contributed by atoms with Gasteiger partial charge in [-0.3, -0.25) is 4.57 Å². The lowest BCUT2D eigenvalue weighted by atomic mass is 9.98. The Kier molecular flexibility index (Phi) is 7.08. The highest BCUT2D eigenvalue weighted by Gasteiger charge is 2.22. The molecule has 0 amide bonds. The fraction of sp³-hybridized carbons (Fsp3) is 0.400. The first-order chi connectivity index (χ1) is 11.5. The van der Waals surface area contributed by atoms with E-state index in [0.717, 1.165) is 23.3 Å². The lowest BCUT2D eigenvalue weighted by Crippen LogP contribution is -2.06. The van der Waals surface area contributed by atoms with E-state index in [-0.39, 0.29) is 5.92 Å². The van der Waals surface area contributed by atoms with Gasteiger partial charge in [0.25, 0.3) is 0 Å². The highest BCUT2D eigenvalue weighted by molar-refractivity contribution is 7.58. The second-order valence-electron chi connectivity index (χ2n) is 6.07. The lowest BCUT2D eigenvalue weighted by molar-refractivity contribution is 0.305. The van der Waals surface area contributed by atoms with E-state index in [1.807, 2.05) is 49.4 Å². The van der Waals surface area contributed by atoms with Crippen molar-refractivity contribution in [2.24, 2.45) is 0 Å². The fourth-order valence-electron chi connectivity index (χ4n) is 2.80. The smallest absolute Gasteiger partial charge is 0.200 e. The normalized spacial score (nSPS) is 14.8. The van der Waals surface area contributed by atoms with Crippen LogP contribution < -0.4 is 4.74 Å². The van der Waals surface area contributed by atoms with Crippen molar-refractivity contribution in [1.29, 1.82) is 0 Å². The van der Waals surface area contributed by atoms with Crippen molar-refractivity contribution in [1.82, 2.24) is 0 Å². The van der Waals surface area contributed by atoms with Crippen molar-refractivity contribution in [3.63, 3.8) is 0 Å². The van der Waals surface area contributed by atoms with Crippen LogP contribution in [0.15, 0.2) is 54.6 Å². The molecule has 0 fully saturated rings. The third kappa shape index (κ3) is 5.81. The van der Waals surface area contributed by atoms with Crippen LogP contribution in [0.2, 0.25) is 0 Å². The van der Waals surface area contributed by atoms with Crippen LogP contribution in [0.4, 0.5) is 0 Å². The molecule has 24 heavy (non-hydrogen) atoms. The molecule has 0 aliphatic rings. The van der Waals surface area contributed by atoms with Gasteiger partial charge in [-0.2, -0.15) is 0 Å². The molecule has 2 atom stereocenters. The van der Waals surface area contributed by atoms with E-state index in [2.05, 4.69) is 19.1 Å². The molecule has 0 heterocycles. The summed E-state index contributed by atoms with van der Waals surface area (Å²) in [5, 5.41) is 0. The molecule has 0 radical (unpaired) electrons. The van der Waals surface area contributed by atoms with Gasteiger partial charge in [0.2, 0.25) is 7.37 Å². The summed E-state index contributed by atoms with van der Waals surface area (Å²) in [6.07, 6.45) is 1.49. The SMILES string of the molecule is CCOP(C)(=O)C[C@@H](CC)c1cccc(OCc2ccccc2)c1. The molecule has 0 spiro atoms. The van der Waals surface area contributed by atoms with Crippen molar-refractivity contribution in [2.75, 3.05) is 19.4 Å². The van der Waals surface area contributed by atoms with Crippen LogP contribution in [0, 0.1) is 0 Å². The first kappa shape index (κ1) is 18.8. The Morgan fingerprint density at radius 1 is 1.04 bits per heavy atom. The second-order valence-corrected chi connectivity index (χ2v) is 8.72. The molecule has 0 saturated carbocycles. The van der Waals surface area contributed by atoms with Gasteiger partial charge in [-0.15, -0.1) is 0 Å². The molecule has 2 aromatic carbocycles. The van der Waals surface area contributed by atoms with Crippen LogP contribution in [0.1, 0.15) is 37.3 Å². The molecule has 0 N–H and O–H groups in total. The van der Waals surface area contributed by atoms with Gasteiger partial charge in [0, 0.05) is 12.8 Å². The largest absolute Gasteiger partial charge is 0.489 e. The van der Waals surface area contributed by atoms with E-state index >= 15 is 0 Å². The first-order valence-corrected chi connectivity index (χ1v) is 10.8.